The van der Waals surface area contributed by atoms with Gasteiger partial charge in [-0.05, 0) is 12.1 Å². The fraction of sp³-hybridized carbons (Fsp3) is 0.333. The van der Waals surface area contributed by atoms with Gasteiger partial charge in [-0.3, -0.25) is 5.32 Å². The molecule has 1 saturated heterocycles. The monoisotopic (exact) mass is 187 g/mol. The molecule has 2 heteroatoms. The van der Waals surface area contributed by atoms with Crippen molar-refractivity contribution in [2.75, 3.05) is 19.8 Å². The van der Waals surface area contributed by atoms with Crippen LogP contribution in [0.3, 0.4) is 0 Å². The first kappa shape index (κ1) is 9.26. The molecule has 0 aromatic heterocycles. The van der Waals surface area contributed by atoms with Crippen molar-refractivity contribution >= 4 is 0 Å². The summed E-state index contributed by atoms with van der Waals surface area (Å²) < 4.78 is 5.04. The number of benzene rings is 1. The smallest absolute Gasteiger partial charge is 0.0643 e. The van der Waals surface area contributed by atoms with Gasteiger partial charge in [-0.15, -0.1) is 0 Å². The van der Waals surface area contributed by atoms with Gasteiger partial charge in [0.2, 0.25) is 0 Å². The van der Waals surface area contributed by atoms with E-state index in [0.29, 0.717) is 6.04 Å². The van der Waals surface area contributed by atoms with Gasteiger partial charge in [0.25, 0.3) is 0 Å². The SMILES string of the molecule is C(#Cc1ccccc1)CNC1COC1. The Morgan fingerprint density at radius 2 is 2.07 bits per heavy atom. The normalized spacial score (nSPS) is 15.4. The minimum Gasteiger partial charge on any atom is -0.378 e. The van der Waals surface area contributed by atoms with Crippen LogP contribution in [0.15, 0.2) is 30.3 Å². The summed E-state index contributed by atoms with van der Waals surface area (Å²) in [5.74, 6) is 6.18. The molecule has 1 aliphatic rings. The molecule has 0 atom stereocenters. The molecule has 0 bridgehead atoms. The molecule has 1 N–H and O–H groups in total. The van der Waals surface area contributed by atoms with Gasteiger partial charge in [0.05, 0.1) is 25.8 Å². The molecule has 1 aromatic rings. The maximum absolute atomic E-state index is 5.04. The van der Waals surface area contributed by atoms with E-state index in [9.17, 15) is 0 Å². The van der Waals surface area contributed by atoms with Crippen LogP contribution in [-0.4, -0.2) is 25.8 Å². The first-order valence-corrected chi connectivity index (χ1v) is 4.80. The number of nitrogens with one attached hydrogen (secondary N) is 1. The summed E-state index contributed by atoms with van der Waals surface area (Å²) in [5, 5.41) is 3.29. The van der Waals surface area contributed by atoms with Gasteiger partial charge in [-0.1, -0.05) is 30.0 Å². The lowest BCUT2D eigenvalue weighted by molar-refractivity contribution is -0.00322. The Kier molecular flexibility index (Phi) is 3.18. The van der Waals surface area contributed by atoms with E-state index >= 15 is 0 Å². The van der Waals surface area contributed by atoms with E-state index in [1.807, 2.05) is 30.3 Å². The largest absolute Gasteiger partial charge is 0.378 e. The summed E-state index contributed by atoms with van der Waals surface area (Å²) in [7, 11) is 0. The third-order valence-electron chi connectivity index (χ3n) is 2.12. The maximum atomic E-state index is 5.04. The van der Waals surface area contributed by atoms with Gasteiger partial charge >= 0.3 is 0 Å². The molecule has 0 spiro atoms. The van der Waals surface area contributed by atoms with Gasteiger partial charge in [0, 0.05) is 5.56 Å². The number of ether oxygens (including phenoxy) is 1. The van der Waals surface area contributed by atoms with E-state index in [1.54, 1.807) is 0 Å². The van der Waals surface area contributed by atoms with E-state index in [-0.39, 0.29) is 0 Å². The molecule has 1 aromatic carbocycles. The molecule has 0 unspecified atom stereocenters. The second-order valence-corrected chi connectivity index (χ2v) is 3.28. The third-order valence-corrected chi connectivity index (χ3v) is 2.12. The summed E-state index contributed by atoms with van der Waals surface area (Å²) in [4.78, 5) is 0. The fourth-order valence-corrected chi connectivity index (χ4v) is 1.22. The third kappa shape index (κ3) is 2.59. The molecule has 1 heterocycles. The summed E-state index contributed by atoms with van der Waals surface area (Å²) in [6.45, 7) is 2.39. The van der Waals surface area contributed by atoms with Gasteiger partial charge in [-0.2, -0.15) is 0 Å². The molecule has 72 valence electrons. The van der Waals surface area contributed by atoms with Crippen LogP contribution in [-0.2, 0) is 4.74 Å². The minimum absolute atomic E-state index is 0.514. The predicted molar refractivity (Wildman–Crippen MR) is 55.9 cm³/mol. The molecule has 2 rings (SSSR count). The molecular weight excluding hydrogens is 174 g/mol. The van der Waals surface area contributed by atoms with Crippen molar-refractivity contribution in [3.05, 3.63) is 35.9 Å². The van der Waals surface area contributed by atoms with Crippen LogP contribution < -0.4 is 5.32 Å². The average Bonchev–Trinajstić information content (AvgIpc) is 2.16. The van der Waals surface area contributed by atoms with Crippen molar-refractivity contribution in [3.63, 3.8) is 0 Å². The summed E-state index contributed by atoms with van der Waals surface area (Å²) >= 11 is 0. The Hall–Kier alpha value is -1.30. The van der Waals surface area contributed by atoms with E-state index < -0.39 is 0 Å². The lowest BCUT2D eigenvalue weighted by Gasteiger charge is -2.25. The van der Waals surface area contributed by atoms with Crippen LogP contribution in [0.4, 0.5) is 0 Å². The van der Waals surface area contributed by atoms with Crippen LogP contribution in [0.25, 0.3) is 0 Å². The average molecular weight is 187 g/mol. The maximum Gasteiger partial charge on any atom is 0.0643 e. The van der Waals surface area contributed by atoms with Gasteiger partial charge in [0.1, 0.15) is 0 Å². The Bertz CT molecular complexity index is 332. The highest BCUT2D eigenvalue weighted by Gasteiger charge is 2.15. The van der Waals surface area contributed by atoms with Gasteiger partial charge in [-0.25, -0.2) is 0 Å². The highest BCUT2D eigenvalue weighted by Crippen LogP contribution is 1.98. The van der Waals surface area contributed by atoms with Gasteiger partial charge in [0.15, 0.2) is 0 Å². The highest BCUT2D eigenvalue weighted by atomic mass is 16.5. The first-order chi connectivity index (χ1) is 6.95. The molecule has 0 saturated carbocycles. The van der Waals surface area contributed by atoms with Crippen LogP contribution in [0.2, 0.25) is 0 Å². The van der Waals surface area contributed by atoms with Crippen molar-refractivity contribution in [1.29, 1.82) is 0 Å². The first-order valence-electron chi connectivity index (χ1n) is 4.80. The van der Waals surface area contributed by atoms with Crippen molar-refractivity contribution in [1.82, 2.24) is 5.32 Å². The van der Waals surface area contributed by atoms with E-state index in [0.717, 1.165) is 25.3 Å². The summed E-state index contributed by atoms with van der Waals surface area (Å²) in [6.07, 6.45) is 0. The minimum atomic E-state index is 0.514. The van der Waals surface area contributed by atoms with Gasteiger partial charge < -0.3 is 4.74 Å². The van der Waals surface area contributed by atoms with Crippen LogP contribution in [0, 0.1) is 11.8 Å². The summed E-state index contributed by atoms with van der Waals surface area (Å²) in [6, 6.07) is 10.5. The zero-order valence-electron chi connectivity index (χ0n) is 7.99. The molecule has 1 aliphatic heterocycles. The van der Waals surface area contributed by atoms with E-state index in [4.69, 9.17) is 4.74 Å². The quantitative estimate of drug-likeness (QED) is 0.698. The molecular formula is C12H13NO. The van der Waals surface area contributed by atoms with Crippen molar-refractivity contribution in [2.45, 2.75) is 6.04 Å². The predicted octanol–water partition coefficient (Wildman–Crippen LogP) is 1.03. The second-order valence-electron chi connectivity index (χ2n) is 3.28. The lowest BCUT2D eigenvalue weighted by Crippen LogP contribution is -2.45. The zero-order valence-corrected chi connectivity index (χ0v) is 7.99. The molecule has 2 nitrogen and oxygen atoms in total. The molecule has 1 fully saturated rings. The summed E-state index contributed by atoms with van der Waals surface area (Å²) in [5.41, 5.74) is 1.07. The number of hydrogen-bond donors (Lipinski definition) is 1. The lowest BCUT2D eigenvalue weighted by atomic mass is 10.2. The molecule has 0 aliphatic carbocycles. The molecule has 14 heavy (non-hydrogen) atoms. The van der Waals surface area contributed by atoms with E-state index in [1.165, 1.54) is 0 Å². The Morgan fingerprint density at radius 3 is 2.71 bits per heavy atom. The highest BCUT2D eigenvalue weighted by molar-refractivity contribution is 5.33. The van der Waals surface area contributed by atoms with Crippen LogP contribution in [0.1, 0.15) is 5.56 Å². The zero-order chi connectivity index (χ0) is 9.64. The molecule has 0 radical (unpaired) electrons. The van der Waals surface area contributed by atoms with E-state index in [2.05, 4.69) is 17.2 Å². The van der Waals surface area contributed by atoms with Crippen molar-refractivity contribution < 1.29 is 4.74 Å². The topological polar surface area (TPSA) is 21.3 Å². The fourth-order valence-electron chi connectivity index (χ4n) is 1.22. The second kappa shape index (κ2) is 4.80. The standard InChI is InChI=1S/C12H13NO/c1-2-5-11(6-3-1)7-4-8-13-12-9-14-10-12/h1-3,5-6,12-13H,8-10H2. The Morgan fingerprint density at radius 1 is 1.29 bits per heavy atom. The van der Waals surface area contributed by atoms with Crippen LogP contribution >= 0.6 is 0 Å². The molecule has 0 amide bonds. The van der Waals surface area contributed by atoms with Crippen molar-refractivity contribution in [2.24, 2.45) is 0 Å². The van der Waals surface area contributed by atoms with Crippen LogP contribution in [0.5, 0.6) is 0 Å². The Balaban J connectivity index is 1.76. The number of rotatable bonds is 2. The number of hydrogen-bond acceptors (Lipinski definition) is 2. The van der Waals surface area contributed by atoms with Crippen molar-refractivity contribution in [3.8, 4) is 11.8 Å². The Labute approximate surface area is 84.3 Å².